The molecule has 0 aliphatic carbocycles. The molecule has 0 atom stereocenters. The molecule has 0 saturated heterocycles. The van der Waals surface area contributed by atoms with Crippen molar-refractivity contribution in [2.45, 2.75) is 19.3 Å². The largest absolute Gasteiger partial charge is 0.465 e. The van der Waals surface area contributed by atoms with E-state index >= 15 is 0 Å². The Balaban J connectivity index is 1.54. The van der Waals surface area contributed by atoms with Crippen molar-refractivity contribution in [2.24, 2.45) is 0 Å². The molecule has 7 heteroatoms. The Morgan fingerprint density at radius 2 is 2.00 bits per heavy atom. The maximum atomic E-state index is 12.2. The fourth-order valence-electron chi connectivity index (χ4n) is 2.54. The van der Waals surface area contributed by atoms with E-state index in [9.17, 15) is 9.59 Å². The highest BCUT2D eigenvalue weighted by molar-refractivity contribution is 7.09. The van der Waals surface area contributed by atoms with Crippen LogP contribution >= 0.6 is 11.3 Å². The van der Waals surface area contributed by atoms with Gasteiger partial charge in [0.15, 0.2) is 0 Å². The van der Waals surface area contributed by atoms with Crippen molar-refractivity contribution in [1.29, 1.82) is 0 Å². The number of anilines is 1. The summed E-state index contributed by atoms with van der Waals surface area (Å²) in [4.78, 5) is 32.6. The number of thiazole rings is 1. The number of nitrogens with zero attached hydrogens (tertiary/aromatic N) is 2. The predicted octanol–water partition coefficient (Wildman–Crippen LogP) is 3.29. The Kier molecular flexibility index (Phi) is 6.27. The molecule has 1 amide bonds. The molecule has 0 saturated carbocycles. The van der Waals surface area contributed by atoms with Crippen molar-refractivity contribution in [1.82, 2.24) is 9.97 Å². The maximum absolute atomic E-state index is 12.2. The molecule has 0 aliphatic rings. The van der Waals surface area contributed by atoms with E-state index in [0.717, 1.165) is 29.2 Å². The van der Waals surface area contributed by atoms with E-state index in [-0.39, 0.29) is 12.3 Å². The number of nitrogens with one attached hydrogen (secondary N) is 1. The highest BCUT2D eigenvalue weighted by Crippen LogP contribution is 2.15. The van der Waals surface area contributed by atoms with E-state index in [0.29, 0.717) is 11.3 Å². The molecule has 27 heavy (non-hydrogen) atoms. The smallest absolute Gasteiger partial charge is 0.337 e. The Morgan fingerprint density at radius 1 is 1.11 bits per heavy atom. The van der Waals surface area contributed by atoms with Gasteiger partial charge in [0, 0.05) is 29.4 Å². The summed E-state index contributed by atoms with van der Waals surface area (Å²) in [5.41, 5.74) is 2.70. The zero-order chi connectivity index (χ0) is 19.1. The number of methoxy groups -OCH3 is 1. The molecule has 1 N–H and O–H groups in total. The Labute approximate surface area is 161 Å². The fourth-order valence-corrected chi connectivity index (χ4v) is 3.34. The molecule has 138 valence electrons. The molecule has 3 rings (SSSR count). The molecule has 0 fully saturated rings. The monoisotopic (exact) mass is 381 g/mol. The molecule has 2 heterocycles. The number of aromatic nitrogens is 2. The van der Waals surface area contributed by atoms with Gasteiger partial charge >= 0.3 is 5.97 Å². The first-order valence-electron chi connectivity index (χ1n) is 8.45. The lowest BCUT2D eigenvalue weighted by atomic mass is 10.2. The normalized spacial score (nSPS) is 10.4. The van der Waals surface area contributed by atoms with Crippen molar-refractivity contribution in [3.8, 4) is 0 Å². The quantitative estimate of drug-likeness (QED) is 0.635. The number of carbonyl (C=O) groups excluding carboxylic acids is 2. The number of rotatable bonds is 7. The van der Waals surface area contributed by atoms with Crippen LogP contribution in [0.3, 0.4) is 0 Å². The molecule has 3 aromatic rings. The van der Waals surface area contributed by atoms with Crippen LogP contribution in [-0.4, -0.2) is 29.0 Å². The van der Waals surface area contributed by atoms with E-state index in [4.69, 9.17) is 0 Å². The first-order chi connectivity index (χ1) is 13.1. The number of hydrogen-bond donors (Lipinski definition) is 1. The van der Waals surface area contributed by atoms with Crippen LogP contribution in [0.1, 0.15) is 26.8 Å². The molecule has 0 spiro atoms. The third kappa shape index (κ3) is 5.46. The minimum atomic E-state index is -0.442. The zero-order valence-electron chi connectivity index (χ0n) is 14.8. The van der Waals surface area contributed by atoms with Crippen LogP contribution in [-0.2, 0) is 28.8 Å². The molecule has 2 aromatic heterocycles. The molecule has 0 radical (unpaired) electrons. The van der Waals surface area contributed by atoms with Gasteiger partial charge in [-0.3, -0.25) is 9.78 Å². The van der Waals surface area contributed by atoms with Gasteiger partial charge in [-0.1, -0.05) is 12.1 Å². The summed E-state index contributed by atoms with van der Waals surface area (Å²) in [5.74, 6) is -0.623. The zero-order valence-corrected chi connectivity index (χ0v) is 15.7. The number of esters is 1. The van der Waals surface area contributed by atoms with Crippen LogP contribution in [0, 0.1) is 0 Å². The minimum Gasteiger partial charge on any atom is -0.465 e. The average molecular weight is 381 g/mol. The fraction of sp³-hybridized carbons (Fsp3) is 0.200. The maximum Gasteiger partial charge on any atom is 0.337 e. The lowest BCUT2D eigenvalue weighted by Crippen LogP contribution is -2.15. The highest BCUT2D eigenvalue weighted by atomic mass is 32.1. The van der Waals surface area contributed by atoms with Gasteiger partial charge < -0.3 is 10.1 Å². The summed E-state index contributed by atoms with van der Waals surface area (Å²) in [5, 5.41) is 5.67. The van der Waals surface area contributed by atoms with Gasteiger partial charge in [-0.2, -0.15) is 0 Å². The second-order valence-electron chi connectivity index (χ2n) is 5.85. The van der Waals surface area contributed by atoms with Crippen molar-refractivity contribution in [2.75, 3.05) is 12.4 Å². The van der Waals surface area contributed by atoms with Gasteiger partial charge in [-0.15, -0.1) is 11.3 Å². The minimum absolute atomic E-state index is 0.182. The first-order valence-corrected chi connectivity index (χ1v) is 9.33. The van der Waals surface area contributed by atoms with Crippen LogP contribution in [0.2, 0.25) is 0 Å². The molecule has 0 aliphatic heterocycles. The lowest BCUT2D eigenvalue weighted by Gasteiger charge is -2.06. The standard InChI is InChI=1S/C20H19N3O3S/c1-26-20(25)14-5-4-7-16(11-14)22-18(24)12-17-13-27-19(23-17)9-8-15-6-2-3-10-21-15/h2-7,10-11,13H,8-9,12H2,1H3,(H,22,24). The Bertz CT molecular complexity index is 925. The first kappa shape index (κ1) is 18.7. The topological polar surface area (TPSA) is 81.2 Å². The Hall–Kier alpha value is -3.06. The van der Waals surface area contributed by atoms with E-state index in [1.165, 1.54) is 7.11 Å². The predicted molar refractivity (Wildman–Crippen MR) is 104 cm³/mol. The van der Waals surface area contributed by atoms with E-state index in [1.54, 1.807) is 41.8 Å². The lowest BCUT2D eigenvalue weighted by molar-refractivity contribution is -0.115. The van der Waals surface area contributed by atoms with E-state index < -0.39 is 5.97 Å². The number of benzene rings is 1. The van der Waals surface area contributed by atoms with Gasteiger partial charge in [-0.05, 0) is 36.8 Å². The Morgan fingerprint density at radius 3 is 2.78 bits per heavy atom. The second-order valence-corrected chi connectivity index (χ2v) is 6.79. The summed E-state index contributed by atoms with van der Waals surface area (Å²) in [7, 11) is 1.32. The van der Waals surface area contributed by atoms with E-state index in [2.05, 4.69) is 20.0 Å². The van der Waals surface area contributed by atoms with E-state index in [1.807, 2.05) is 23.6 Å². The van der Waals surface area contributed by atoms with Gasteiger partial charge in [0.25, 0.3) is 0 Å². The van der Waals surface area contributed by atoms with Crippen LogP contribution in [0.15, 0.2) is 54.0 Å². The summed E-state index contributed by atoms with van der Waals surface area (Å²) in [6.07, 6.45) is 3.58. The summed E-state index contributed by atoms with van der Waals surface area (Å²) < 4.78 is 4.68. The number of ether oxygens (including phenoxy) is 1. The van der Waals surface area contributed by atoms with Crippen LogP contribution in [0.5, 0.6) is 0 Å². The number of hydrogen-bond acceptors (Lipinski definition) is 6. The molecule has 1 aromatic carbocycles. The van der Waals surface area contributed by atoms with Crippen LogP contribution < -0.4 is 5.32 Å². The van der Waals surface area contributed by atoms with Crippen molar-refractivity contribution in [3.05, 3.63) is 76.0 Å². The van der Waals surface area contributed by atoms with Crippen LogP contribution in [0.4, 0.5) is 5.69 Å². The third-order valence-electron chi connectivity index (χ3n) is 3.83. The molecule has 0 bridgehead atoms. The van der Waals surface area contributed by atoms with Gasteiger partial charge in [-0.25, -0.2) is 9.78 Å². The van der Waals surface area contributed by atoms with Gasteiger partial charge in [0.05, 0.1) is 29.8 Å². The van der Waals surface area contributed by atoms with Gasteiger partial charge in [0.2, 0.25) is 5.91 Å². The third-order valence-corrected chi connectivity index (χ3v) is 4.79. The molecular formula is C20H19N3O3S. The summed E-state index contributed by atoms with van der Waals surface area (Å²) in [6.45, 7) is 0. The van der Waals surface area contributed by atoms with Crippen LogP contribution in [0.25, 0.3) is 0 Å². The molecule has 6 nitrogen and oxygen atoms in total. The SMILES string of the molecule is COC(=O)c1cccc(NC(=O)Cc2csc(CCc3ccccn3)n2)c1. The van der Waals surface area contributed by atoms with Crippen molar-refractivity contribution in [3.63, 3.8) is 0 Å². The average Bonchev–Trinajstić information content (AvgIpc) is 3.14. The van der Waals surface area contributed by atoms with Gasteiger partial charge in [0.1, 0.15) is 0 Å². The summed E-state index contributed by atoms with van der Waals surface area (Å²) in [6, 6.07) is 12.5. The van der Waals surface area contributed by atoms with Crippen molar-refractivity contribution < 1.29 is 14.3 Å². The number of aryl methyl sites for hydroxylation is 2. The number of carbonyl (C=O) groups is 2. The number of pyridine rings is 1. The molecule has 0 unspecified atom stereocenters. The van der Waals surface area contributed by atoms with Crippen molar-refractivity contribution >= 4 is 28.9 Å². The molecular weight excluding hydrogens is 362 g/mol. The highest BCUT2D eigenvalue weighted by Gasteiger charge is 2.10. The number of amides is 1. The second kappa shape index (κ2) is 9.05. The summed E-state index contributed by atoms with van der Waals surface area (Å²) >= 11 is 1.55.